The third-order valence-electron chi connectivity index (χ3n) is 4.12. The maximum absolute atomic E-state index is 13.4. The van der Waals surface area contributed by atoms with Gasteiger partial charge in [0.2, 0.25) is 0 Å². The van der Waals surface area contributed by atoms with Crippen molar-refractivity contribution in [3.63, 3.8) is 0 Å². The molecule has 1 amide bonds. The molecule has 0 aliphatic heterocycles. The molecule has 4 nitrogen and oxygen atoms in total. The van der Waals surface area contributed by atoms with Gasteiger partial charge in [0.25, 0.3) is 0 Å². The van der Waals surface area contributed by atoms with Crippen LogP contribution in [0.5, 0.6) is 0 Å². The van der Waals surface area contributed by atoms with Gasteiger partial charge in [0.05, 0.1) is 6.54 Å². The molecule has 0 saturated heterocycles. The highest BCUT2D eigenvalue weighted by molar-refractivity contribution is 5.67. The highest BCUT2D eigenvalue weighted by Gasteiger charge is 2.37. The topological polar surface area (TPSA) is 58.6 Å². The van der Waals surface area contributed by atoms with E-state index in [1.54, 1.807) is 6.07 Å². The van der Waals surface area contributed by atoms with Crippen LogP contribution in [0.25, 0.3) is 0 Å². The quantitative estimate of drug-likeness (QED) is 0.912. The number of hydrogen-bond acceptors (Lipinski definition) is 3. The van der Waals surface area contributed by atoms with Crippen LogP contribution in [-0.4, -0.2) is 17.7 Å². The Morgan fingerprint density at radius 1 is 1.26 bits per heavy atom. The number of aryl methyl sites for hydroxylation is 1. The number of nitrogens with one attached hydrogen (secondary N) is 1. The second-order valence-electron chi connectivity index (χ2n) is 5.75. The van der Waals surface area contributed by atoms with Gasteiger partial charge in [0.15, 0.2) is 0 Å². The van der Waals surface area contributed by atoms with E-state index in [9.17, 15) is 14.3 Å². The molecular weight excluding hydrogens is 297 g/mol. The predicted molar refractivity (Wildman–Crippen MR) is 83.2 cm³/mol. The van der Waals surface area contributed by atoms with Gasteiger partial charge in [0, 0.05) is 0 Å². The summed E-state index contributed by atoms with van der Waals surface area (Å²) in [5.41, 5.74) is 1.09. The van der Waals surface area contributed by atoms with Gasteiger partial charge in [-0.15, -0.1) is 0 Å². The summed E-state index contributed by atoms with van der Waals surface area (Å²) in [5, 5.41) is 13.2. The van der Waals surface area contributed by atoms with Gasteiger partial charge in [-0.1, -0.05) is 36.4 Å². The lowest BCUT2D eigenvalue weighted by molar-refractivity contribution is 0.0360. The van der Waals surface area contributed by atoms with Crippen molar-refractivity contribution >= 4 is 6.09 Å². The van der Waals surface area contributed by atoms with Crippen molar-refractivity contribution in [1.82, 2.24) is 5.32 Å². The SMILES string of the molecule is O=C(NCC1(O)CCc2ccc(F)cc21)OCc1ccccc1. The molecule has 120 valence electrons. The summed E-state index contributed by atoms with van der Waals surface area (Å²) in [6.07, 6.45) is 0.504. The van der Waals surface area contributed by atoms with E-state index in [-0.39, 0.29) is 13.2 Å². The first kappa shape index (κ1) is 15.5. The molecule has 0 fully saturated rings. The Kier molecular flexibility index (Phi) is 4.30. The Balaban J connectivity index is 1.56. The van der Waals surface area contributed by atoms with Gasteiger partial charge in [0.1, 0.15) is 18.0 Å². The number of carbonyl (C=O) groups is 1. The molecule has 1 unspecified atom stereocenters. The van der Waals surface area contributed by atoms with Crippen LogP contribution in [0.4, 0.5) is 9.18 Å². The lowest BCUT2D eigenvalue weighted by atomic mass is 9.96. The number of carbonyl (C=O) groups excluding carboxylic acids is 1. The molecule has 0 radical (unpaired) electrons. The molecule has 5 heteroatoms. The minimum atomic E-state index is -1.25. The Morgan fingerprint density at radius 2 is 2.04 bits per heavy atom. The molecule has 1 aliphatic rings. The number of amides is 1. The van der Waals surface area contributed by atoms with Crippen LogP contribution in [0, 0.1) is 5.82 Å². The summed E-state index contributed by atoms with van der Waals surface area (Å²) >= 11 is 0. The monoisotopic (exact) mass is 315 g/mol. The van der Waals surface area contributed by atoms with Gasteiger partial charge in [-0.05, 0) is 41.7 Å². The summed E-state index contributed by atoms with van der Waals surface area (Å²) in [7, 11) is 0. The minimum absolute atomic E-state index is 0.00290. The molecule has 0 spiro atoms. The minimum Gasteiger partial charge on any atom is -0.445 e. The molecule has 23 heavy (non-hydrogen) atoms. The number of hydrogen-bond donors (Lipinski definition) is 2. The fourth-order valence-corrected chi connectivity index (χ4v) is 2.85. The van der Waals surface area contributed by atoms with Gasteiger partial charge < -0.3 is 15.2 Å². The molecule has 2 N–H and O–H groups in total. The molecule has 1 aliphatic carbocycles. The van der Waals surface area contributed by atoms with Crippen LogP contribution in [0.15, 0.2) is 48.5 Å². The summed E-state index contributed by atoms with van der Waals surface area (Å²) in [4.78, 5) is 11.8. The molecule has 0 bridgehead atoms. The van der Waals surface area contributed by atoms with Crippen LogP contribution in [0.3, 0.4) is 0 Å². The van der Waals surface area contributed by atoms with E-state index in [1.165, 1.54) is 12.1 Å². The number of benzene rings is 2. The molecular formula is C18H18FNO3. The van der Waals surface area contributed by atoms with E-state index >= 15 is 0 Å². The number of halogens is 1. The number of fused-ring (bicyclic) bond motifs is 1. The summed E-state index contributed by atoms with van der Waals surface area (Å²) in [5.74, 6) is -0.393. The lowest BCUT2D eigenvalue weighted by Gasteiger charge is -2.24. The number of ether oxygens (including phenoxy) is 1. The fraction of sp³-hybridized carbons (Fsp3) is 0.278. The maximum Gasteiger partial charge on any atom is 0.407 e. The van der Waals surface area contributed by atoms with Gasteiger partial charge in [-0.3, -0.25) is 0 Å². The Labute approximate surface area is 133 Å². The largest absolute Gasteiger partial charge is 0.445 e. The summed E-state index contributed by atoms with van der Waals surface area (Å²) < 4.78 is 18.5. The normalized spacial score (nSPS) is 19.2. The predicted octanol–water partition coefficient (Wildman–Crippen LogP) is 2.89. The number of aliphatic hydroxyl groups is 1. The first-order valence-electron chi connectivity index (χ1n) is 7.53. The van der Waals surface area contributed by atoms with Crippen LogP contribution < -0.4 is 5.32 Å². The van der Waals surface area contributed by atoms with Crippen molar-refractivity contribution in [2.75, 3.05) is 6.54 Å². The van der Waals surface area contributed by atoms with Crippen LogP contribution in [-0.2, 0) is 23.4 Å². The summed E-state index contributed by atoms with van der Waals surface area (Å²) in [6.45, 7) is 0.160. The van der Waals surface area contributed by atoms with E-state index in [4.69, 9.17) is 4.74 Å². The van der Waals surface area contributed by atoms with Crippen molar-refractivity contribution < 1.29 is 19.0 Å². The van der Waals surface area contributed by atoms with E-state index in [0.29, 0.717) is 18.4 Å². The Morgan fingerprint density at radius 3 is 2.83 bits per heavy atom. The van der Waals surface area contributed by atoms with Crippen molar-refractivity contribution in [3.8, 4) is 0 Å². The van der Waals surface area contributed by atoms with Crippen LogP contribution >= 0.6 is 0 Å². The lowest BCUT2D eigenvalue weighted by Crippen LogP contribution is -2.39. The molecule has 2 aromatic carbocycles. The van der Waals surface area contributed by atoms with Gasteiger partial charge >= 0.3 is 6.09 Å². The fourth-order valence-electron chi connectivity index (χ4n) is 2.85. The van der Waals surface area contributed by atoms with Crippen molar-refractivity contribution in [3.05, 3.63) is 71.0 Å². The third kappa shape index (κ3) is 3.51. The van der Waals surface area contributed by atoms with E-state index in [0.717, 1.165) is 11.1 Å². The zero-order valence-electron chi connectivity index (χ0n) is 12.6. The maximum atomic E-state index is 13.4. The highest BCUT2D eigenvalue weighted by Crippen LogP contribution is 2.36. The molecule has 3 rings (SSSR count). The first-order chi connectivity index (χ1) is 11.1. The van der Waals surface area contributed by atoms with E-state index in [1.807, 2.05) is 30.3 Å². The average Bonchev–Trinajstić information content (AvgIpc) is 2.89. The summed E-state index contributed by atoms with van der Waals surface area (Å²) in [6, 6.07) is 13.7. The zero-order valence-corrected chi connectivity index (χ0v) is 12.6. The molecule has 2 aromatic rings. The Bertz CT molecular complexity index is 705. The number of rotatable bonds is 4. The Hall–Kier alpha value is -2.40. The van der Waals surface area contributed by atoms with Gasteiger partial charge in [-0.25, -0.2) is 9.18 Å². The molecule has 0 heterocycles. The van der Waals surface area contributed by atoms with Crippen molar-refractivity contribution in [2.45, 2.75) is 25.0 Å². The van der Waals surface area contributed by atoms with Crippen molar-refractivity contribution in [2.24, 2.45) is 0 Å². The number of alkyl carbamates (subject to hydrolysis) is 1. The molecule has 1 atom stereocenters. The van der Waals surface area contributed by atoms with Crippen LogP contribution in [0.1, 0.15) is 23.1 Å². The smallest absolute Gasteiger partial charge is 0.407 e. The second-order valence-corrected chi connectivity index (χ2v) is 5.75. The highest BCUT2D eigenvalue weighted by atomic mass is 19.1. The van der Waals surface area contributed by atoms with Gasteiger partial charge in [-0.2, -0.15) is 0 Å². The molecule has 0 saturated carbocycles. The van der Waals surface area contributed by atoms with E-state index in [2.05, 4.69) is 5.32 Å². The third-order valence-corrected chi connectivity index (χ3v) is 4.12. The van der Waals surface area contributed by atoms with Crippen molar-refractivity contribution in [1.29, 1.82) is 0 Å². The van der Waals surface area contributed by atoms with E-state index < -0.39 is 17.5 Å². The first-order valence-corrected chi connectivity index (χ1v) is 7.53. The second kappa shape index (κ2) is 6.38. The standard InChI is InChI=1S/C18H18FNO3/c19-15-7-6-14-8-9-18(22,16(14)10-15)12-20-17(21)23-11-13-4-2-1-3-5-13/h1-7,10,22H,8-9,11-12H2,(H,20,21). The average molecular weight is 315 g/mol. The molecule has 0 aromatic heterocycles. The zero-order chi connectivity index (χ0) is 16.3. The van der Waals surface area contributed by atoms with Crippen LogP contribution in [0.2, 0.25) is 0 Å².